The summed E-state index contributed by atoms with van der Waals surface area (Å²) < 4.78 is 11.2. The maximum absolute atomic E-state index is 11.9. The molecule has 0 bridgehead atoms. The predicted molar refractivity (Wildman–Crippen MR) is 96.0 cm³/mol. The van der Waals surface area contributed by atoms with E-state index in [1.807, 2.05) is 0 Å². The zero-order valence-corrected chi connectivity index (χ0v) is 15.3. The Balaban J connectivity index is 1.69. The van der Waals surface area contributed by atoms with Crippen molar-refractivity contribution in [2.24, 2.45) is 5.92 Å². The van der Waals surface area contributed by atoms with Crippen molar-refractivity contribution >= 4 is 11.7 Å². The van der Waals surface area contributed by atoms with Gasteiger partial charge in [-0.1, -0.05) is 13.8 Å². The van der Waals surface area contributed by atoms with E-state index in [0.717, 1.165) is 19.6 Å². The van der Waals surface area contributed by atoms with Gasteiger partial charge < -0.3 is 14.8 Å². The highest BCUT2D eigenvalue weighted by molar-refractivity contribution is 5.94. The monoisotopic (exact) mass is 348 g/mol. The van der Waals surface area contributed by atoms with Crippen molar-refractivity contribution in [1.82, 2.24) is 10.2 Å². The molecule has 1 amide bonds. The van der Waals surface area contributed by atoms with Crippen LogP contribution in [0.4, 0.5) is 0 Å². The van der Waals surface area contributed by atoms with Gasteiger partial charge >= 0.3 is 0 Å². The third kappa shape index (κ3) is 6.84. The van der Waals surface area contributed by atoms with Crippen LogP contribution in [0, 0.1) is 5.92 Å². The fraction of sp³-hybridized carbons (Fsp3) is 0.579. The van der Waals surface area contributed by atoms with Gasteiger partial charge in [0.2, 0.25) is 0 Å². The van der Waals surface area contributed by atoms with Crippen molar-refractivity contribution in [3.8, 4) is 5.75 Å². The molecule has 1 aliphatic heterocycles. The molecule has 0 aromatic heterocycles. The van der Waals surface area contributed by atoms with Gasteiger partial charge in [0.1, 0.15) is 5.75 Å². The van der Waals surface area contributed by atoms with Crippen LogP contribution in [-0.2, 0) is 9.53 Å². The first-order chi connectivity index (χ1) is 11.9. The maximum Gasteiger partial charge on any atom is 0.258 e. The molecule has 1 saturated heterocycles. The summed E-state index contributed by atoms with van der Waals surface area (Å²) in [7, 11) is 0. The van der Waals surface area contributed by atoms with Crippen molar-refractivity contribution in [3.05, 3.63) is 29.8 Å². The highest BCUT2D eigenvalue weighted by atomic mass is 16.5. The highest BCUT2D eigenvalue weighted by Crippen LogP contribution is 2.12. The van der Waals surface area contributed by atoms with E-state index in [0.29, 0.717) is 30.4 Å². The van der Waals surface area contributed by atoms with E-state index < -0.39 is 0 Å². The molecule has 0 radical (unpaired) electrons. The largest absolute Gasteiger partial charge is 0.484 e. The summed E-state index contributed by atoms with van der Waals surface area (Å²) in [6, 6.07) is 6.76. The Morgan fingerprint density at radius 2 is 2.04 bits per heavy atom. The second kappa shape index (κ2) is 9.53. The number of ether oxygens (including phenoxy) is 2. The zero-order chi connectivity index (χ0) is 18.2. The summed E-state index contributed by atoms with van der Waals surface area (Å²) >= 11 is 0. The second-order valence-electron chi connectivity index (χ2n) is 6.82. The minimum absolute atomic E-state index is 0.00304. The minimum Gasteiger partial charge on any atom is -0.484 e. The molecule has 25 heavy (non-hydrogen) atoms. The van der Waals surface area contributed by atoms with Crippen LogP contribution in [0.2, 0.25) is 0 Å². The summed E-state index contributed by atoms with van der Waals surface area (Å²) in [6.45, 7) is 9.88. The average Bonchev–Trinajstić information content (AvgIpc) is 2.58. The molecule has 0 aliphatic carbocycles. The average molecular weight is 348 g/mol. The lowest BCUT2D eigenvalue weighted by molar-refractivity contribution is -0.124. The molecule has 0 spiro atoms. The summed E-state index contributed by atoms with van der Waals surface area (Å²) in [5.41, 5.74) is 0.622. The lowest BCUT2D eigenvalue weighted by atomic mass is 10.1. The fourth-order valence-corrected chi connectivity index (χ4v) is 2.80. The quantitative estimate of drug-likeness (QED) is 0.725. The van der Waals surface area contributed by atoms with Gasteiger partial charge in [0, 0.05) is 31.7 Å². The van der Waals surface area contributed by atoms with Crippen LogP contribution in [0.15, 0.2) is 24.3 Å². The summed E-state index contributed by atoms with van der Waals surface area (Å²) in [5, 5.41) is 2.86. The first-order valence-electron chi connectivity index (χ1n) is 8.78. The number of Topliss-reactive ketones (excluding diaryl/α,β-unsaturated/α-hetero) is 1. The van der Waals surface area contributed by atoms with Gasteiger partial charge in [-0.05, 0) is 37.1 Å². The number of hydrogen-bond donors (Lipinski definition) is 1. The lowest BCUT2D eigenvalue weighted by Gasteiger charge is -2.33. The van der Waals surface area contributed by atoms with E-state index >= 15 is 0 Å². The Labute approximate surface area is 149 Å². The molecule has 6 nitrogen and oxygen atoms in total. The number of hydrogen-bond acceptors (Lipinski definition) is 5. The van der Waals surface area contributed by atoms with E-state index in [-0.39, 0.29) is 24.4 Å². The molecule has 1 N–H and O–H groups in total. The number of carbonyl (C=O) groups excluding carboxylic acids is 2. The summed E-state index contributed by atoms with van der Waals surface area (Å²) in [5.74, 6) is 1.01. The molecular formula is C19H28N2O4. The van der Waals surface area contributed by atoms with Crippen molar-refractivity contribution in [2.45, 2.75) is 26.9 Å². The predicted octanol–water partition coefficient (Wildman–Crippen LogP) is 1.74. The number of carbonyl (C=O) groups is 2. The third-order valence-electron chi connectivity index (χ3n) is 4.00. The van der Waals surface area contributed by atoms with Crippen molar-refractivity contribution in [2.75, 3.05) is 39.4 Å². The van der Waals surface area contributed by atoms with Gasteiger partial charge in [0.05, 0.1) is 12.7 Å². The van der Waals surface area contributed by atoms with Crippen LogP contribution < -0.4 is 10.1 Å². The number of amides is 1. The first-order valence-corrected chi connectivity index (χ1v) is 8.78. The topological polar surface area (TPSA) is 67.9 Å². The molecule has 1 unspecified atom stereocenters. The van der Waals surface area contributed by atoms with Crippen LogP contribution in [-0.4, -0.2) is 62.1 Å². The van der Waals surface area contributed by atoms with Gasteiger partial charge in [-0.3, -0.25) is 14.5 Å². The summed E-state index contributed by atoms with van der Waals surface area (Å²) in [6.07, 6.45) is 0.0197. The molecule has 0 saturated carbocycles. The normalized spacial score (nSPS) is 18.2. The fourth-order valence-electron chi connectivity index (χ4n) is 2.80. The standard InChI is InChI=1S/C19H28N2O4/c1-14(2)11-21-8-9-24-18(12-21)10-20-19(23)13-25-17-6-4-16(5-7-17)15(3)22/h4-7,14,18H,8-13H2,1-3H3,(H,20,23). The van der Waals surface area contributed by atoms with Crippen LogP contribution >= 0.6 is 0 Å². The molecule has 1 aliphatic rings. The smallest absolute Gasteiger partial charge is 0.258 e. The van der Waals surface area contributed by atoms with Crippen LogP contribution in [0.5, 0.6) is 5.75 Å². The third-order valence-corrected chi connectivity index (χ3v) is 4.00. The number of nitrogens with one attached hydrogen (secondary N) is 1. The Morgan fingerprint density at radius 3 is 2.68 bits per heavy atom. The lowest BCUT2D eigenvalue weighted by Crippen LogP contribution is -2.48. The van der Waals surface area contributed by atoms with E-state index in [4.69, 9.17) is 9.47 Å². The van der Waals surface area contributed by atoms with Gasteiger partial charge in [-0.2, -0.15) is 0 Å². The SMILES string of the molecule is CC(=O)c1ccc(OCC(=O)NCC2CN(CC(C)C)CCO2)cc1. The number of ketones is 1. The van der Waals surface area contributed by atoms with E-state index in [2.05, 4.69) is 24.1 Å². The van der Waals surface area contributed by atoms with Crippen LogP contribution in [0.25, 0.3) is 0 Å². The number of morpholine rings is 1. The first kappa shape index (κ1) is 19.4. The van der Waals surface area contributed by atoms with E-state index in [1.54, 1.807) is 24.3 Å². The number of rotatable bonds is 8. The molecule has 1 atom stereocenters. The zero-order valence-electron chi connectivity index (χ0n) is 15.3. The van der Waals surface area contributed by atoms with Crippen molar-refractivity contribution in [1.29, 1.82) is 0 Å². The minimum atomic E-state index is -0.180. The Bertz CT molecular complexity index is 571. The van der Waals surface area contributed by atoms with E-state index in [9.17, 15) is 9.59 Å². The highest BCUT2D eigenvalue weighted by Gasteiger charge is 2.21. The molecule has 1 aromatic rings. The van der Waals surface area contributed by atoms with Gasteiger partial charge in [-0.25, -0.2) is 0 Å². The maximum atomic E-state index is 11.9. The van der Waals surface area contributed by atoms with E-state index in [1.165, 1.54) is 6.92 Å². The summed E-state index contributed by atoms with van der Waals surface area (Å²) in [4.78, 5) is 25.5. The van der Waals surface area contributed by atoms with Gasteiger partial charge in [0.25, 0.3) is 5.91 Å². The van der Waals surface area contributed by atoms with Gasteiger partial charge in [-0.15, -0.1) is 0 Å². The molecular weight excluding hydrogens is 320 g/mol. The molecule has 2 rings (SSSR count). The van der Waals surface area contributed by atoms with Gasteiger partial charge in [0.15, 0.2) is 12.4 Å². The Kier molecular flexibility index (Phi) is 7.40. The molecule has 1 heterocycles. The Hall–Kier alpha value is -1.92. The molecule has 1 fully saturated rings. The van der Waals surface area contributed by atoms with Crippen molar-refractivity contribution in [3.63, 3.8) is 0 Å². The Morgan fingerprint density at radius 1 is 1.32 bits per heavy atom. The van der Waals surface area contributed by atoms with Crippen molar-refractivity contribution < 1.29 is 19.1 Å². The molecule has 1 aromatic carbocycles. The second-order valence-corrected chi connectivity index (χ2v) is 6.82. The number of benzene rings is 1. The van der Waals surface area contributed by atoms with Crippen LogP contribution in [0.3, 0.4) is 0 Å². The number of nitrogens with zero attached hydrogens (tertiary/aromatic N) is 1. The molecule has 6 heteroatoms. The molecule has 138 valence electrons. The van der Waals surface area contributed by atoms with Crippen LogP contribution in [0.1, 0.15) is 31.1 Å².